The minimum absolute atomic E-state index is 0.0166. The maximum absolute atomic E-state index is 12.8. The molecule has 5 nitrogen and oxygen atoms in total. The summed E-state index contributed by atoms with van der Waals surface area (Å²) in [7, 11) is 0. The van der Waals surface area contributed by atoms with E-state index < -0.39 is 0 Å². The number of hydrogen-bond donors (Lipinski definition) is 1. The van der Waals surface area contributed by atoms with Gasteiger partial charge in [-0.25, -0.2) is 0 Å². The third-order valence-electron chi connectivity index (χ3n) is 7.20. The molecule has 2 aromatic carbocycles. The van der Waals surface area contributed by atoms with Crippen molar-refractivity contribution in [2.45, 2.75) is 32.2 Å². The molecule has 6 heteroatoms. The lowest BCUT2D eigenvalue weighted by atomic mass is 9.78. The Hall–Kier alpha value is -2.63. The van der Waals surface area contributed by atoms with Crippen molar-refractivity contribution in [1.82, 2.24) is 15.2 Å². The Balaban J connectivity index is 1.05. The van der Waals surface area contributed by atoms with Crippen LogP contribution in [0.1, 0.15) is 35.2 Å². The highest BCUT2D eigenvalue weighted by molar-refractivity contribution is 6.34. The molecule has 0 spiro atoms. The molecule has 1 aliphatic heterocycles. The van der Waals surface area contributed by atoms with E-state index in [1.165, 1.54) is 6.42 Å². The summed E-state index contributed by atoms with van der Waals surface area (Å²) >= 11 is 6.52. The van der Waals surface area contributed by atoms with E-state index in [9.17, 15) is 4.79 Å². The molecule has 2 aliphatic rings. The molecule has 0 radical (unpaired) electrons. The van der Waals surface area contributed by atoms with Gasteiger partial charge in [-0.05, 0) is 68.5 Å². The summed E-state index contributed by atoms with van der Waals surface area (Å²) in [6.45, 7) is 7.39. The van der Waals surface area contributed by atoms with Crippen LogP contribution in [0, 0.1) is 12.8 Å². The second kappa shape index (κ2) is 9.70. The number of piperazine rings is 1. The number of nitrogens with zero attached hydrogens (tertiary/aromatic N) is 3. The number of hydrogen-bond acceptors (Lipinski definition) is 4. The fourth-order valence-corrected chi connectivity index (χ4v) is 5.35. The van der Waals surface area contributed by atoms with E-state index in [1.54, 1.807) is 6.20 Å². The van der Waals surface area contributed by atoms with Crippen LogP contribution in [0.5, 0.6) is 0 Å². The molecular weight excluding hydrogens is 432 g/mol. The van der Waals surface area contributed by atoms with Gasteiger partial charge in [-0.1, -0.05) is 35.9 Å². The molecule has 1 saturated carbocycles. The van der Waals surface area contributed by atoms with Gasteiger partial charge in [-0.15, -0.1) is 0 Å². The Morgan fingerprint density at radius 3 is 2.67 bits per heavy atom. The van der Waals surface area contributed by atoms with Gasteiger partial charge < -0.3 is 10.2 Å². The molecule has 172 valence electrons. The highest BCUT2D eigenvalue weighted by Crippen LogP contribution is 2.32. The van der Waals surface area contributed by atoms with E-state index in [1.807, 2.05) is 30.3 Å². The Labute approximate surface area is 200 Å². The summed E-state index contributed by atoms with van der Waals surface area (Å²) in [5, 5.41) is 5.03. The summed E-state index contributed by atoms with van der Waals surface area (Å²) in [4.78, 5) is 22.1. The summed E-state index contributed by atoms with van der Waals surface area (Å²) in [6, 6.07) is 16.2. The Morgan fingerprint density at radius 2 is 1.85 bits per heavy atom. The largest absolute Gasteiger partial charge is 0.368 e. The van der Waals surface area contributed by atoms with Crippen molar-refractivity contribution < 1.29 is 4.79 Å². The van der Waals surface area contributed by atoms with Crippen molar-refractivity contribution in [3.8, 4) is 0 Å². The monoisotopic (exact) mass is 462 g/mol. The molecule has 0 atom stereocenters. The van der Waals surface area contributed by atoms with Crippen LogP contribution in [0.2, 0.25) is 5.02 Å². The lowest BCUT2D eigenvalue weighted by molar-refractivity contribution is 0.0879. The van der Waals surface area contributed by atoms with E-state index in [-0.39, 0.29) is 11.9 Å². The first-order valence-electron chi connectivity index (χ1n) is 12.0. The van der Waals surface area contributed by atoms with Gasteiger partial charge >= 0.3 is 0 Å². The molecule has 2 heterocycles. The smallest absolute Gasteiger partial charge is 0.252 e. The zero-order valence-corrected chi connectivity index (χ0v) is 19.9. The molecule has 33 heavy (non-hydrogen) atoms. The van der Waals surface area contributed by atoms with Crippen LogP contribution in [0.3, 0.4) is 0 Å². The number of carbonyl (C=O) groups is 1. The molecule has 3 aromatic rings. The average Bonchev–Trinajstić information content (AvgIpc) is 2.82. The average molecular weight is 463 g/mol. The number of pyridine rings is 1. The first kappa shape index (κ1) is 22.2. The standard InChI is InChI=1S/C27H31ClN4O/c1-19-5-2-9-25(26(19)28)32-15-13-31(14-16-32)12-10-20-17-21(18-20)30-27(33)23-6-3-8-24-22(23)7-4-11-29-24/h2-9,11,20-21H,10,12-18H2,1H3,(H,30,33). The van der Waals surface area contributed by atoms with Gasteiger partial charge in [0.25, 0.3) is 5.91 Å². The Morgan fingerprint density at radius 1 is 1.06 bits per heavy atom. The number of fused-ring (bicyclic) bond motifs is 1. The van der Waals surface area contributed by atoms with Crippen molar-refractivity contribution in [2.75, 3.05) is 37.6 Å². The molecule has 1 N–H and O–H groups in total. The molecule has 5 rings (SSSR count). The quantitative estimate of drug-likeness (QED) is 0.565. The Bertz CT molecular complexity index is 1130. The lowest BCUT2D eigenvalue weighted by Crippen LogP contribution is -2.48. The third-order valence-corrected chi connectivity index (χ3v) is 7.69. The number of rotatable bonds is 6. The highest BCUT2D eigenvalue weighted by Gasteiger charge is 2.31. The van der Waals surface area contributed by atoms with Crippen LogP contribution in [0.15, 0.2) is 54.7 Å². The summed E-state index contributed by atoms with van der Waals surface area (Å²) in [5.74, 6) is 0.719. The van der Waals surface area contributed by atoms with Gasteiger partial charge in [0.1, 0.15) is 0 Å². The van der Waals surface area contributed by atoms with Gasteiger partial charge in [0.05, 0.1) is 16.2 Å². The van der Waals surface area contributed by atoms with E-state index >= 15 is 0 Å². The number of carbonyl (C=O) groups excluding carboxylic acids is 1. The topological polar surface area (TPSA) is 48.5 Å². The number of amides is 1. The molecule has 1 aliphatic carbocycles. The van der Waals surface area contributed by atoms with Crippen molar-refractivity contribution in [3.63, 3.8) is 0 Å². The summed E-state index contributed by atoms with van der Waals surface area (Å²) < 4.78 is 0. The van der Waals surface area contributed by atoms with E-state index in [2.05, 4.69) is 45.2 Å². The SMILES string of the molecule is Cc1cccc(N2CCN(CCC3CC(NC(=O)c4cccc5ncccc45)C3)CC2)c1Cl. The predicted molar refractivity (Wildman–Crippen MR) is 135 cm³/mol. The van der Waals surface area contributed by atoms with Crippen molar-refractivity contribution in [3.05, 3.63) is 70.9 Å². The van der Waals surface area contributed by atoms with E-state index in [0.717, 1.165) is 78.3 Å². The molecule has 1 amide bonds. The fourth-order valence-electron chi connectivity index (χ4n) is 5.11. The number of aryl methyl sites for hydroxylation is 1. The lowest BCUT2D eigenvalue weighted by Gasteiger charge is -2.40. The third kappa shape index (κ3) is 4.85. The Kier molecular flexibility index (Phi) is 6.52. The molecule has 1 aromatic heterocycles. The minimum atomic E-state index is 0.0166. The van der Waals surface area contributed by atoms with Crippen molar-refractivity contribution in [2.24, 2.45) is 5.92 Å². The normalized spacial score (nSPS) is 21.1. The van der Waals surface area contributed by atoms with Gasteiger partial charge in [0.15, 0.2) is 0 Å². The van der Waals surface area contributed by atoms with Gasteiger partial charge in [-0.3, -0.25) is 14.7 Å². The predicted octanol–water partition coefficient (Wildman–Crippen LogP) is 4.92. The number of nitrogens with one attached hydrogen (secondary N) is 1. The molecule has 1 saturated heterocycles. The van der Waals surface area contributed by atoms with Crippen LogP contribution in [-0.2, 0) is 0 Å². The zero-order chi connectivity index (χ0) is 22.8. The van der Waals surface area contributed by atoms with Gasteiger partial charge in [-0.2, -0.15) is 0 Å². The van der Waals surface area contributed by atoms with E-state index in [4.69, 9.17) is 11.6 Å². The minimum Gasteiger partial charge on any atom is -0.368 e. The number of halogens is 1. The molecule has 0 unspecified atom stereocenters. The molecule has 2 fully saturated rings. The fraction of sp³-hybridized carbons (Fsp3) is 0.407. The van der Waals surface area contributed by atoms with Crippen LogP contribution >= 0.6 is 11.6 Å². The van der Waals surface area contributed by atoms with Crippen molar-refractivity contribution in [1.29, 1.82) is 0 Å². The second-order valence-electron chi connectivity index (χ2n) is 9.41. The number of benzene rings is 2. The second-order valence-corrected chi connectivity index (χ2v) is 9.79. The van der Waals surface area contributed by atoms with E-state index in [0.29, 0.717) is 5.92 Å². The number of aromatic nitrogens is 1. The van der Waals surface area contributed by atoms with Crippen LogP contribution < -0.4 is 10.2 Å². The molecular formula is C27H31ClN4O. The maximum Gasteiger partial charge on any atom is 0.252 e. The maximum atomic E-state index is 12.8. The zero-order valence-electron chi connectivity index (χ0n) is 19.1. The highest BCUT2D eigenvalue weighted by atomic mass is 35.5. The van der Waals surface area contributed by atoms with Crippen LogP contribution in [0.4, 0.5) is 5.69 Å². The molecule has 0 bridgehead atoms. The van der Waals surface area contributed by atoms with Crippen molar-refractivity contribution >= 4 is 34.1 Å². The number of anilines is 1. The summed E-state index contributed by atoms with van der Waals surface area (Å²) in [5.41, 5.74) is 3.88. The summed E-state index contributed by atoms with van der Waals surface area (Å²) in [6.07, 6.45) is 5.12. The van der Waals surface area contributed by atoms with Crippen LogP contribution in [0.25, 0.3) is 10.9 Å². The first-order chi connectivity index (χ1) is 16.1. The van der Waals surface area contributed by atoms with Gasteiger partial charge in [0, 0.05) is 49.4 Å². The van der Waals surface area contributed by atoms with Crippen LogP contribution in [-0.4, -0.2) is 54.6 Å². The van der Waals surface area contributed by atoms with Gasteiger partial charge in [0.2, 0.25) is 0 Å². The first-order valence-corrected chi connectivity index (χ1v) is 12.3.